The molecule has 1 aromatic carbocycles. The van der Waals surface area contributed by atoms with Crippen LogP contribution in [0.3, 0.4) is 0 Å². The van der Waals surface area contributed by atoms with Gasteiger partial charge in [-0.3, -0.25) is 14.4 Å². The Balaban J connectivity index is 1.79. The first-order chi connectivity index (χ1) is 15.2. The van der Waals surface area contributed by atoms with Gasteiger partial charge in [0, 0.05) is 12.6 Å². The minimum Gasteiger partial charge on any atom is -0.465 e. The number of hydrogen-bond donors (Lipinski definition) is 0. The number of thiazole rings is 1. The van der Waals surface area contributed by atoms with Crippen LogP contribution in [0.2, 0.25) is 0 Å². The van der Waals surface area contributed by atoms with Crippen LogP contribution in [-0.2, 0) is 35.5 Å². The highest BCUT2D eigenvalue weighted by atomic mass is 32.2. The lowest BCUT2D eigenvalue weighted by Crippen LogP contribution is -2.45. The summed E-state index contributed by atoms with van der Waals surface area (Å²) in [6, 6.07) is 7.20. The van der Waals surface area contributed by atoms with Crippen molar-refractivity contribution in [1.29, 1.82) is 0 Å². The monoisotopic (exact) mass is 481 g/mol. The molecule has 32 heavy (non-hydrogen) atoms. The topological polar surface area (TPSA) is 115 Å². The average molecular weight is 482 g/mol. The molecular formula is C21H27N3O6S2. The number of ether oxygens (including phenoxy) is 1. The van der Waals surface area contributed by atoms with Gasteiger partial charge in [-0.15, -0.1) is 0 Å². The van der Waals surface area contributed by atoms with Gasteiger partial charge in [0.15, 0.2) is 14.6 Å². The van der Waals surface area contributed by atoms with Crippen LogP contribution in [0.5, 0.6) is 0 Å². The van der Waals surface area contributed by atoms with Crippen LogP contribution in [0.4, 0.5) is 0 Å². The quantitative estimate of drug-likeness (QED) is 0.554. The highest BCUT2D eigenvalue weighted by molar-refractivity contribution is 7.92. The molecule has 0 bridgehead atoms. The molecule has 3 rings (SSSR count). The first-order valence-corrected chi connectivity index (χ1v) is 13.2. The van der Waals surface area contributed by atoms with Crippen molar-refractivity contribution >= 4 is 49.2 Å². The molecule has 2 amide bonds. The van der Waals surface area contributed by atoms with E-state index in [9.17, 15) is 22.8 Å². The normalized spacial score (nSPS) is 17.5. The molecule has 1 aliphatic rings. The summed E-state index contributed by atoms with van der Waals surface area (Å²) in [7, 11) is -3.98. The van der Waals surface area contributed by atoms with Gasteiger partial charge in [0.1, 0.15) is 18.1 Å². The van der Waals surface area contributed by atoms with Gasteiger partial charge in [0.2, 0.25) is 5.91 Å². The van der Waals surface area contributed by atoms with E-state index in [0.717, 1.165) is 24.0 Å². The van der Waals surface area contributed by atoms with Crippen molar-refractivity contribution in [3.05, 3.63) is 29.1 Å². The Hall–Kier alpha value is -2.53. The van der Waals surface area contributed by atoms with Crippen molar-refractivity contribution in [2.45, 2.75) is 45.7 Å². The van der Waals surface area contributed by atoms with Gasteiger partial charge in [-0.05, 0) is 45.2 Å². The maximum atomic E-state index is 12.5. The zero-order valence-electron chi connectivity index (χ0n) is 18.2. The summed E-state index contributed by atoms with van der Waals surface area (Å²) in [6.07, 6.45) is 2.69. The fourth-order valence-electron chi connectivity index (χ4n) is 3.71. The van der Waals surface area contributed by atoms with Gasteiger partial charge in [-0.1, -0.05) is 23.5 Å². The number of benzene rings is 1. The maximum Gasteiger partial charge on any atom is 0.326 e. The van der Waals surface area contributed by atoms with E-state index in [1.54, 1.807) is 24.0 Å². The van der Waals surface area contributed by atoms with Crippen LogP contribution in [0, 0.1) is 0 Å². The molecule has 0 aliphatic carbocycles. The number of esters is 1. The Morgan fingerprint density at radius 3 is 2.66 bits per heavy atom. The highest BCUT2D eigenvalue weighted by Crippen LogP contribution is 2.18. The minimum atomic E-state index is -3.98. The molecule has 1 aromatic heterocycles. The third-order valence-electron chi connectivity index (χ3n) is 5.21. The van der Waals surface area contributed by atoms with Crippen molar-refractivity contribution in [2.24, 2.45) is 4.99 Å². The number of para-hydroxylation sites is 1. The molecule has 11 heteroatoms. The van der Waals surface area contributed by atoms with E-state index in [2.05, 4.69) is 4.99 Å². The minimum absolute atomic E-state index is 0.00720. The van der Waals surface area contributed by atoms with E-state index < -0.39 is 39.1 Å². The summed E-state index contributed by atoms with van der Waals surface area (Å²) in [6.45, 7) is 4.19. The van der Waals surface area contributed by atoms with Crippen LogP contribution in [0.25, 0.3) is 10.2 Å². The maximum absolute atomic E-state index is 12.5. The Kier molecular flexibility index (Phi) is 7.83. The van der Waals surface area contributed by atoms with Crippen molar-refractivity contribution in [2.75, 3.05) is 24.7 Å². The lowest BCUT2D eigenvalue weighted by atomic mass is 10.0. The van der Waals surface area contributed by atoms with Crippen LogP contribution >= 0.6 is 11.3 Å². The molecular weight excluding hydrogens is 454 g/mol. The first-order valence-electron chi connectivity index (χ1n) is 10.5. The second-order valence-electron chi connectivity index (χ2n) is 7.71. The SMILES string of the molecule is CCOC(=O)Cn1c(=NC(=O)CS(=O)(=O)CC(=O)N2CCCCC2C)sc2ccccc21. The van der Waals surface area contributed by atoms with Crippen molar-refractivity contribution in [1.82, 2.24) is 9.47 Å². The molecule has 0 saturated carbocycles. The predicted molar refractivity (Wildman–Crippen MR) is 121 cm³/mol. The number of amides is 2. The van der Waals surface area contributed by atoms with E-state index in [4.69, 9.17) is 4.74 Å². The summed E-state index contributed by atoms with van der Waals surface area (Å²) in [5.41, 5.74) is 0.689. The first kappa shape index (κ1) is 24.1. The van der Waals surface area contributed by atoms with Gasteiger partial charge in [-0.2, -0.15) is 4.99 Å². The molecule has 1 atom stereocenters. The standard InChI is InChI=1S/C21H27N3O6S2/c1-3-30-20(27)12-24-16-9-4-5-10-17(16)31-21(24)22-18(25)13-32(28,29)14-19(26)23-11-7-6-8-15(23)2/h4-5,9-10,15H,3,6-8,11-14H2,1-2H3. The van der Waals surface area contributed by atoms with Crippen molar-refractivity contribution < 1.29 is 27.5 Å². The molecule has 0 N–H and O–H groups in total. The van der Waals surface area contributed by atoms with E-state index >= 15 is 0 Å². The summed E-state index contributed by atoms with van der Waals surface area (Å²) in [4.78, 5) is 42.7. The summed E-state index contributed by atoms with van der Waals surface area (Å²) >= 11 is 1.17. The number of carbonyl (C=O) groups excluding carboxylic acids is 3. The number of nitrogens with zero attached hydrogens (tertiary/aromatic N) is 3. The molecule has 174 valence electrons. The highest BCUT2D eigenvalue weighted by Gasteiger charge is 2.28. The van der Waals surface area contributed by atoms with Crippen LogP contribution in [-0.4, -0.2) is 66.4 Å². The Bertz CT molecular complexity index is 1180. The Morgan fingerprint density at radius 1 is 1.19 bits per heavy atom. The molecule has 1 fully saturated rings. The number of piperidine rings is 1. The number of sulfone groups is 1. The van der Waals surface area contributed by atoms with E-state index in [1.807, 2.05) is 19.1 Å². The number of hydrogen-bond acceptors (Lipinski definition) is 7. The molecule has 0 radical (unpaired) electrons. The molecule has 9 nitrogen and oxygen atoms in total. The number of fused-ring (bicyclic) bond motifs is 1. The average Bonchev–Trinajstić information content (AvgIpc) is 3.04. The second kappa shape index (κ2) is 10.4. The zero-order valence-corrected chi connectivity index (χ0v) is 19.8. The summed E-state index contributed by atoms with van der Waals surface area (Å²) in [5, 5.41) is 0. The fourth-order valence-corrected chi connectivity index (χ4v) is 5.84. The van der Waals surface area contributed by atoms with E-state index in [1.165, 1.54) is 15.9 Å². The van der Waals surface area contributed by atoms with Crippen LogP contribution < -0.4 is 4.80 Å². The molecule has 1 saturated heterocycles. The molecule has 2 heterocycles. The fraction of sp³-hybridized carbons (Fsp3) is 0.524. The van der Waals surface area contributed by atoms with Gasteiger partial charge in [-0.25, -0.2) is 8.42 Å². The lowest BCUT2D eigenvalue weighted by Gasteiger charge is -2.33. The Labute approximate surface area is 190 Å². The van der Waals surface area contributed by atoms with Crippen molar-refractivity contribution in [3.8, 4) is 0 Å². The molecule has 0 spiro atoms. The smallest absolute Gasteiger partial charge is 0.326 e. The molecule has 1 aliphatic heterocycles. The van der Waals surface area contributed by atoms with Gasteiger partial charge >= 0.3 is 5.97 Å². The number of likely N-dealkylation sites (tertiary alicyclic amines) is 1. The third kappa shape index (κ3) is 6.04. The van der Waals surface area contributed by atoms with Gasteiger partial charge in [0.05, 0.1) is 16.8 Å². The van der Waals surface area contributed by atoms with E-state index in [0.29, 0.717) is 12.1 Å². The van der Waals surface area contributed by atoms with Gasteiger partial charge in [0.25, 0.3) is 5.91 Å². The Morgan fingerprint density at radius 2 is 1.94 bits per heavy atom. The van der Waals surface area contributed by atoms with Crippen LogP contribution in [0.1, 0.15) is 33.1 Å². The lowest BCUT2D eigenvalue weighted by molar-refractivity contribution is -0.143. The van der Waals surface area contributed by atoms with Crippen molar-refractivity contribution in [3.63, 3.8) is 0 Å². The number of rotatable bonds is 7. The molecule has 2 aromatic rings. The van der Waals surface area contributed by atoms with E-state index in [-0.39, 0.29) is 24.0 Å². The predicted octanol–water partition coefficient (Wildman–Crippen LogP) is 1.51. The number of aromatic nitrogens is 1. The number of carbonyl (C=O) groups is 3. The zero-order chi connectivity index (χ0) is 23.3. The summed E-state index contributed by atoms with van der Waals surface area (Å²) in [5.74, 6) is -3.43. The molecule has 1 unspecified atom stereocenters. The largest absolute Gasteiger partial charge is 0.465 e. The second-order valence-corrected chi connectivity index (χ2v) is 10.8. The van der Waals surface area contributed by atoms with Crippen LogP contribution in [0.15, 0.2) is 29.3 Å². The summed E-state index contributed by atoms with van der Waals surface area (Å²) < 4.78 is 32.3. The third-order valence-corrected chi connectivity index (χ3v) is 7.64. The van der Waals surface area contributed by atoms with Gasteiger partial charge < -0.3 is 14.2 Å².